The molecule has 0 radical (unpaired) electrons. The third-order valence-electron chi connectivity index (χ3n) is 5.97. The van der Waals surface area contributed by atoms with E-state index in [4.69, 9.17) is 17.0 Å². The minimum Gasteiger partial charge on any atom is -0.479 e. The molecule has 4 rings (SSSR count). The predicted octanol–water partition coefficient (Wildman–Crippen LogP) is 4.80. The first-order valence-corrected chi connectivity index (χ1v) is 12.5. The van der Waals surface area contributed by atoms with Crippen LogP contribution in [0.5, 0.6) is 0 Å². The number of amides is 1. The molecule has 1 heterocycles. The van der Waals surface area contributed by atoms with Gasteiger partial charge in [0.2, 0.25) is 0 Å². The molecule has 3 aromatic rings. The second kappa shape index (κ2) is 10.7. The summed E-state index contributed by atoms with van der Waals surface area (Å²) in [4.78, 5) is 26.8. The van der Waals surface area contributed by atoms with Crippen molar-refractivity contribution in [3.05, 3.63) is 71.9 Å². The van der Waals surface area contributed by atoms with Crippen LogP contribution >= 0.6 is 12.2 Å². The lowest BCUT2D eigenvalue weighted by Gasteiger charge is -2.37. The molecule has 1 amide bonds. The number of alkyl carbamates (subject to hydrolysis) is 1. The molecule has 0 saturated heterocycles. The number of carbonyl (C=O) groups excluding carboxylic acids is 1. The van der Waals surface area contributed by atoms with Gasteiger partial charge in [-0.15, -0.1) is 0 Å². The van der Waals surface area contributed by atoms with E-state index < -0.39 is 17.6 Å². The minimum atomic E-state index is -1.59. The van der Waals surface area contributed by atoms with Gasteiger partial charge in [-0.25, -0.2) is 9.59 Å². The normalized spacial score (nSPS) is 14.9. The fourth-order valence-electron chi connectivity index (χ4n) is 4.16. The molecule has 1 aliphatic carbocycles. The molecular formula is C27H31N5O4S. The van der Waals surface area contributed by atoms with Crippen LogP contribution in [0.15, 0.2) is 60.8 Å². The van der Waals surface area contributed by atoms with Crippen LogP contribution in [0, 0.1) is 5.41 Å². The Morgan fingerprint density at radius 1 is 1.11 bits per heavy atom. The molecule has 0 aliphatic heterocycles. The Morgan fingerprint density at radius 2 is 1.78 bits per heavy atom. The summed E-state index contributed by atoms with van der Waals surface area (Å²) in [6.07, 6.45) is 3.31. The number of carbonyl (C=O) groups is 2. The summed E-state index contributed by atoms with van der Waals surface area (Å²) < 4.78 is 5.23. The van der Waals surface area contributed by atoms with E-state index in [1.165, 1.54) is 0 Å². The maximum Gasteiger partial charge on any atom is 0.413 e. The second-order valence-corrected chi connectivity index (χ2v) is 10.9. The number of nitrogens with one attached hydrogen (secondary N) is 2. The van der Waals surface area contributed by atoms with E-state index in [-0.39, 0.29) is 23.6 Å². The average Bonchev–Trinajstić information content (AvgIpc) is 3.58. The van der Waals surface area contributed by atoms with Gasteiger partial charge >= 0.3 is 12.1 Å². The minimum absolute atomic E-state index is 0.0637. The molecule has 9 nitrogen and oxygen atoms in total. The zero-order valence-electron chi connectivity index (χ0n) is 21.1. The molecule has 10 heteroatoms. The molecule has 37 heavy (non-hydrogen) atoms. The highest BCUT2D eigenvalue weighted by atomic mass is 32.1. The van der Waals surface area contributed by atoms with Crippen LogP contribution in [-0.2, 0) is 21.7 Å². The van der Waals surface area contributed by atoms with Gasteiger partial charge < -0.3 is 15.2 Å². The van der Waals surface area contributed by atoms with Crippen LogP contribution in [0.1, 0.15) is 57.2 Å². The highest BCUT2D eigenvalue weighted by Gasteiger charge is 2.44. The van der Waals surface area contributed by atoms with Crippen LogP contribution in [0.3, 0.4) is 0 Å². The lowest BCUT2D eigenvalue weighted by atomic mass is 9.75. The van der Waals surface area contributed by atoms with Crippen molar-refractivity contribution < 1.29 is 19.4 Å². The molecule has 1 aliphatic rings. The van der Waals surface area contributed by atoms with Crippen molar-refractivity contribution in [1.29, 1.82) is 0 Å². The number of benzene rings is 2. The quantitative estimate of drug-likeness (QED) is 0.362. The fourth-order valence-corrected chi connectivity index (χ4v) is 4.42. The van der Waals surface area contributed by atoms with Crippen LogP contribution < -0.4 is 10.6 Å². The number of aromatic nitrogens is 3. The maximum absolute atomic E-state index is 12.8. The fraction of sp³-hybridized carbons (Fsp3) is 0.370. The highest BCUT2D eigenvalue weighted by molar-refractivity contribution is 7.80. The van der Waals surface area contributed by atoms with Crippen molar-refractivity contribution in [2.24, 2.45) is 5.41 Å². The van der Waals surface area contributed by atoms with E-state index >= 15 is 0 Å². The van der Waals surface area contributed by atoms with Gasteiger partial charge in [0.1, 0.15) is 12.3 Å². The second-order valence-electron chi connectivity index (χ2n) is 10.4. The van der Waals surface area contributed by atoms with Gasteiger partial charge in [-0.05, 0) is 48.0 Å². The molecule has 1 fully saturated rings. The van der Waals surface area contributed by atoms with Gasteiger partial charge in [0.05, 0.1) is 12.2 Å². The van der Waals surface area contributed by atoms with Gasteiger partial charge in [0.25, 0.3) is 0 Å². The highest BCUT2D eigenvalue weighted by Crippen LogP contribution is 2.37. The Morgan fingerprint density at radius 3 is 2.38 bits per heavy atom. The monoisotopic (exact) mass is 521 g/mol. The Kier molecular flexibility index (Phi) is 7.58. The van der Waals surface area contributed by atoms with Crippen molar-refractivity contribution in [2.75, 3.05) is 0 Å². The first kappa shape index (κ1) is 26.3. The van der Waals surface area contributed by atoms with E-state index in [9.17, 15) is 14.7 Å². The zero-order chi connectivity index (χ0) is 26.6. The SMILES string of the molecule is CC(C)(C)C[C@](NC(=S)NC(=O)OCc1ccccc1)(C(=O)O)c1ccc(-c2cnn(C3CC3)n2)cc1. The summed E-state index contributed by atoms with van der Waals surface area (Å²) in [5.74, 6) is -1.11. The number of hydrogen-bond acceptors (Lipinski definition) is 6. The summed E-state index contributed by atoms with van der Waals surface area (Å²) >= 11 is 5.35. The number of ether oxygens (including phenoxy) is 1. The van der Waals surface area contributed by atoms with E-state index in [1.54, 1.807) is 23.1 Å². The number of aliphatic carboxylic acids is 1. The van der Waals surface area contributed by atoms with Gasteiger partial charge in [0, 0.05) is 5.56 Å². The first-order chi connectivity index (χ1) is 17.6. The summed E-state index contributed by atoms with van der Waals surface area (Å²) in [7, 11) is 0. The molecule has 194 valence electrons. The summed E-state index contributed by atoms with van der Waals surface area (Å²) in [6, 6.07) is 16.7. The van der Waals surface area contributed by atoms with Gasteiger partial charge in [-0.3, -0.25) is 5.32 Å². The Balaban J connectivity index is 1.52. The summed E-state index contributed by atoms with van der Waals surface area (Å²) in [5.41, 5.74) is 0.890. The average molecular weight is 522 g/mol. The van der Waals surface area contributed by atoms with Crippen LogP contribution in [0.25, 0.3) is 11.3 Å². The van der Waals surface area contributed by atoms with E-state index in [0.29, 0.717) is 11.6 Å². The molecule has 0 spiro atoms. The summed E-state index contributed by atoms with van der Waals surface area (Å²) in [5, 5.41) is 24.5. The standard InChI is InChI=1S/C27H31N5O4S/c1-26(2,3)17-27(23(33)34,30-24(37)29-25(35)36-16-18-7-5-4-6-8-18)20-11-9-19(10-12-20)22-15-28-32(31-22)21-13-14-21/h4-12,15,21H,13-14,16-17H2,1-3H3,(H,33,34)(H2,29,30,35,37)/t27-/m1/s1. The number of carboxylic acid groups (broad SMARTS) is 1. The molecule has 1 atom stereocenters. The van der Waals surface area contributed by atoms with Gasteiger partial charge in [0.15, 0.2) is 10.7 Å². The number of rotatable bonds is 8. The number of nitrogens with zero attached hydrogens (tertiary/aromatic N) is 3. The molecule has 3 N–H and O–H groups in total. The zero-order valence-corrected chi connectivity index (χ0v) is 21.9. The van der Waals surface area contributed by atoms with E-state index in [2.05, 4.69) is 20.8 Å². The van der Waals surface area contributed by atoms with Crippen molar-refractivity contribution in [2.45, 2.75) is 58.2 Å². The Bertz CT molecular complexity index is 1270. The lowest BCUT2D eigenvalue weighted by Crippen LogP contribution is -2.57. The smallest absolute Gasteiger partial charge is 0.413 e. The lowest BCUT2D eigenvalue weighted by molar-refractivity contribution is -0.146. The molecule has 0 unspecified atom stereocenters. The molecular weight excluding hydrogens is 490 g/mol. The van der Waals surface area contributed by atoms with E-state index in [1.807, 2.05) is 63.2 Å². The van der Waals surface area contributed by atoms with Crippen molar-refractivity contribution >= 4 is 29.4 Å². The molecule has 2 aromatic carbocycles. The maximum atomic E-state index is 12.8. The van der Waals surface area contributed by atoms with Crippen molar-refractivity contribution in [3.63, 3.8) is 0 Å². The number of hydrogen-bond donors (Lipinski definition) is 3. The van der Waals surface area contributed by atoms with Gasteiger partial charge in [-0.2, -0.15) is 15.0 Å². The third kappa shape index (κ3) is 6.71. The topological polar surface area (TPSA) is 118 Å². The molecule has 1 saturated carbocycles. The van der Waals surface area contributed by atoms with Gasteiger partial charge in [-0.1, -0.05) is 75.4 Å². The number of carboxylic acids is 1. The first-order valence-electron chi connectivity index (χ1n) is 12.1. The largest absolute Gasteiger partial charge is 0.479 e. The molecule has 0 bridgehead atoms. The van der Waals surface area contributed by atoms with Crippen LogP contribution in [0.2, 0.25) is 0 Å². The van der Waals surface area contributed by atoms with E-state index in [0.717, 1.165) is 29.7 Å². The number of thiocarbonyl (C=S) groups is 1. The third-order valence-corrected chi connectivity index (χ3v) is 6.18. The predicted molar refractivity (Wildman–Crippen MR) is 143 cm³/mol. The van der Waals surface area contributed by atoms with Crippen LogP contribution in [0.4, 0.5) is 4.79 Å². The van der Waals surface area contributed by atoms with Crippen LogP contribution in [-0.4, -0.2) is 37.3 Å². The molecule has 1 aromatic heterocycles. The summed E-state index contributed by atoms with van der Waals surface area (Å²) in [6.45, 7) is 5.90. The Hall–Kier alpha value is -3.79. The Labute approximate surface area is 221 Å². The van der Waals surface area contributed by atoms with Crippen molar-refractivity contribution in [3.8, 4) is 11.3 Å². The van der Waals surface area contributed by atoms with Crippen molar-refractivity contribution in [1.82, 2.24) is 25.6 Å².